The van der Waals surface area contributed by atoms with Crippen molar-refractivity contribution in [1.29, 1.82) is 0 Å². The van der Waals surface area contributed by atoms with E-state index in [4.69, 9.17) is 0 Å². The molecule has 0 aromatic carbocycles. The second-order valence-corrected chi connectivity index (χ2v) is 5.55. The molecule has 1 aromatic rings. The van der Waals surface area contributed by atoms with Crippen molar-refractivity contribution in [1.82, 2.24) is 15.2 Å². The Morgan fingerprint density at radius 2 is 2.32 bits per heavy atom. The predicted octanol–water partition coefficient (Wildman–Crippen LogP) is 1.75. The minimum atomic E-state index is 0.154. The minimum Gasteiger partial charge on any atom is -0.334 e. The molecule has 2 fully saturated rings. The summed E-state index contributed by atoms with van der Waals surface area (Å²) in [7, 11) is 0. The zero-order chi connectivity index (χ0) is 13.2. The van der Waals surface area contributed by atoms with Gasteiger partial charge in [0.05, 0.1) is 5.56 Å². The number of carbonyl (C=O) groups is 1. The predicted molar refractivity (Wildman–Crippen MR) is 74.1 cm³/mol. The molecule has 4 nitrogen and oxygen atoms in total. The summed E-state index contributed by atoms with van der Waals surface area (Å²) >= 11 is 0. The molecule has 0 saturated carbocycles. The molecule has 1 amide bonds. The standard InChI is InChI=1S/C15H21N3O/c1-11-12(5-2-8-16-11)15(19)18-10-4-7-14(18)13-6-3-9-17-13/h2,5,8,13-14,17H,3-4,6-7,9-10H2,1H3. The fourth-order valence-electron chi connectivity index (χ4n) is 3.37. The molecule has 102 valence electrons. The Morgan fingerprint density at radius 1 is 1.42 bits per heavy atom. The van der Waals surface area contributed by atoms with Crippen LogP contribution >= 0.6 is 0 Å². The van der Waals surface area contributed by atoms with E-state index in [-0.39, 0.29) is 5.91 Å². The fourth-order valence-corrected chi connectivity index (χ4v) is 3.37. The molecular formula is C15H21N3O. The minimum absolute atomic E-state index is 0.154. The van der Waals surface area contributed by atoms with E-state index < -0.39 is 0 Å². The summed E-state index contributed by atoms with van der Waals surface area (Å²) in [4.78, 5) is 19.0. The van der Waals surface area contributed by atoms with Gasteiger partial charge >= 0.3 is 0 Å². The summed E-state index contributed by atoms with van der Waals surface area (Å²) in [6, 6.07) is 4.60. The third-order valence-electron chi connectivity index (χ3n) is 4.36. The summed E-state index contributed by atoms with van der Waals surface area (Å²) in [6.45, 7) is 3.89. The van der Waals surface area contributed by atoms with Gasteiger partial charge in [0.2, 0.25) is 0 Å². The van der Waals surface area contributed by atoms with Crippen molar-refractivity contribution < 1.29 is 4.79 Å². The fraction of sp³-hybridized carbons (Fsp3) is 0.600. The average molecular weight is 259 g/mol. The topological polar surface area (TPSA) is 45.2 Å². The van der Waals surface area contributed by atoms with E-state index in [1.54, 1.807) is 6.20 Å². The molecule has 3 heterocycles. The first-order chi connectivity index (χ1) is 9.27. The van der Waals surface area contributed by atoms with Gasteiger partial charge in [-0.3, -0.25) is 9.78 Å². The van der Waals surface area contributed by atoms with Crippen LogP contribution in [0.4, 0.5) is 0 Å². The van der Waals surface area contributed by atoms with Crippen LogP contribution in [0, 0.1) is 6.92 Å². The maximum atomic E-state index is 12.7. The second kappa shape index (κ2) is 5.29. The van der Waals surface area contributed by atoms with Gasteiger partial charge < -0.3 is 10.2 Å². The number of nitrogens with one attached hydrogen (secondary N) is 1. The molecule has 0 aliphatic carbocycles. The van der Waals surface area contributed by atoms with Gasteiger partial charge in [0.25, 0.3) is 5.91 Å². The maximum absolute atomic E-state index is 12.7. The van der Waals surface area contributed by atoms with Crippen LogP contribution in [-0.4, -0.2) is 41.0 Å². The first-order valence-corrected chi connectivity index (χ1v) is 7.23. The molecule has 4 heteroatoms. The number of aromatic nitrogens is 1. The molecule has 19 heavy (non-hydrogen) atoms. The average Bonchev–Trinajstić information content (AvgIpc) is 3.09. The molecule has 3 rings (SSSR count). The lowest BCUT2D eigenvalue weighted by Crippen LogP contribution is -2.46. The Labute approximate surface area is 114 Å². The Balaban J connectivity index is 1.80. The molecule has 2 saturated heterocycles. The third-order valence-corrected chi connectivity index (χ3v) is 4.36. The Kier molecular flexibility index (Phi) is 3.51. The summed E-state index contributed by atoms with van der Waals surface area (Å²) in [5, 5.41) is 3.54. The lowest BCUT2D eigenvalue weighted by molar-refractivity contribution is 0.0710. The van der Waals surface area contributed by atoms with Crippen LogP contribution in [0.5, 0.6) is 0 Å². The first-order valence-electron chi connectivity index (χ1n) is 7.23. The Morgan fingerprint density at radius 3 is 3.05 bits per heavy atom. The summed E-state index contributed by atoms with van der Waals surface area (Å²) < 4.78 is 0. The molecule has 0 spiro atoms. The number of amides is 1. The molecule has 2 aliphatic rings. The second-order valence-electron chi connectivity index (χ2n) is 5.55. The molecule has 2 aliphatic heterocycles. The monoisotopic (exact) mass is 259 g/mol. The van der Waals surface area contributed by atoms with Gasteiger partial charge in [-0.1, -0.05) is 0 Å². The number of aryl methyl sites for hydroxylation is 1. The van der Waals surface area contributed by atoms with Gasteiger partial charge in [0.1, 0.15) is 0 Å². The largest absolute Gasteiger partial charge is 0.334 e. The number of hydrogen-bond acceptors (Lipinski definition) is 3. The van der Waals surface area contributed by atoms with Crippen LogP contribution in [-0.2, 0) is 0 Å². The van der Waals surface area contributed by atoms with Gasteiger partial charge in [-0.05, 0) is 51.3 Å². The van der Waals surface area contributed by atoms with Crippen molar-refractivity contribution in [3.63, 3.8) is 0 Å². The van der Waals surface area contributed by atoms with Gasteiger partial charge in [-0.25, -0.2) is 0 Å². The van der Waals surface area contributed by atoms with Gasteiger partial charge in [0.15, 0.2) is 0 Å². The first kappa shape index (κ1) is 12.6. The van der Waals surface area contributed by atoms with Crippen molar-refractivity contribution in [3.05, 3.63) is 29.6 Å². The van der Waals surface area contributed by atoms with Crippen LogP contribution < -0.4 is 5.32 Å². The Hall–Kier alpha value is -1.42. The van der Waals surface area contributed by atoms with Crippen molar-refractivity contribution in [3.8, 4) is 0 Å². The van der Waals surface area contributed by atoms with Crippen LogP contribution in [0.3, 0.4) is 0 Å². The highest BCUT2D eigenvalue weighted by Gasteiger charge is 2.36. The molecule has 1 N–H and O–H groups in total. The summed E-state index contributed by atoms with van der Waals surface area (Å²) in [5.41, 5.74) is 1.59. The molecule has 2 atom stereocenters. The zero-order valence-corrected chi connectivity index (χ0v) is 11.4. The third kappa shape index (κ3) is 2.37. The highest BCUT2D eigenvalue weighted by Crippen LogP contribution is 2.26. The molecule has 0 bridgehead atoms. The number of hydrogen-bond donors (Lipinski definition) is 1. The van der Waals surface area contributed by atoms with E-state index in [1.807, 2.05) is 19.1 Å². The van der Waals surface area contributed by atoms with Gasteiger partial charge in [0, 0.05) is 30.5 Å². The maximum Gasteiger partial charge on any atom is 0.255 e. The summed E-state index contributed by atoms with van der Waals surface area (Å²) in [6.07, 6.45) is 6.41. The van der Waals surface area contributed by atoms with E-state index in [2.05, 4.69) is 15.2 Å². The van der Waals surface area contributed by atoms with Crippen LogP contribution in [0.25, 0.3) is 0 Å². The van der Waals surface area contributed by atoms with Crippen molar-refractivity contribution in [2.24, 2.45) is 0 Å². The highest BCUT2D eigenvalue weighted by molar-refractivity contribution is 5.95. The number of likely N-dealkylation sites (tertiary alicyclic amines) is 1. The van der Waals surface area contributed by atoms with E-state index in [0.717, 1.165) is 37.2 Å². The molecular weight excluding hydrogens is 238 g/mol. The lowest BCUT2D eigenvalue weighted by Gasteiger charge is -2.30. The SMILES string of the molecule is Cc1ncccc1C(=O)N1CCCC1C1CCCN1. The quantitative estimate of drug-likeness (QED) is 0.880. The highest BCUT2D eigenvalue weighted by atomic mass is 16.2. The van der Waals surface area contributed by atoms with Gasteiger partial charge in [-0.15, -0.1) is 0 Å². The smallest absolute Gasteiger partial charge is 0.255 e. The van der Waals surface area contributed by atoms with Crippen LogP contribution in [0.15, 0.2) is 18.3 Å². The zero-order valence-electron chi connectivity index (χ0n) is 11.4. The summed E-state index contributed by atoms with van der Waals surface area (Å²) in [5.74, 6) is 0.154. The van der Waals surface area contributed by atoms with E-state index in [9.17, 15) is 4.79 Å². The Bertz CT molecular complexity index is 468. The van der Waals surface area contributed by atoms with E-state index in [0.29, 0.717) is 12.1 Å². The number of rotatable bonds is 2. The lowest BCUT2D eigenvalue weighted by atomic mass is 10.0. The van der Waals surface area contributed by atoms with E-state index in [1.165, 1.54) is 12.8 Å². The van der Waals surface area contributed by atoms with Crippen molar-refractivity contribution in [2.75, 3.05) is 13.1 Å². The van der Waals surface area contributed by atoms with Crippen LogP contribution in [0.1, 0.15) is 41.7 Å². The normalized spacial score (nSPS) is 26.9. The van der Waals surface area contributed by atoms with Gasteiger partial charge in [-0.2, -0.15) is 0 Å². The van der Waals surface area contributed by atoms with Crippen LogP contribution in [0.2, 0.25) is 0 Å². The molecule has 2 unspecified atom stereocenters. The molecule has 0 radical (unpaired) electrons. The number of nitrogens with zero attached hydrogens (tertiary/aromatic N) is 2. The molecule has 1 aromatic heterocycles. The number of pyridine rings is 1. The number of carbonyl (C=O) groups excluding carboxylic acids is 1. The van der Waals surface area contributed by atoms with Crippen molar-refractivity contribution >= 4 is 5.91 Å². The van der Waals surface area contributed by atoms with Crippen molar-refractivity contribution in [2.45, 2.75) is 44.7 Å². The van der Waals surface area contributed by atoms with E-state index >= 15 is 0 Å².